The molecule has 1 saturated heterocycles. The fourth-order valence-corrected chi connectivity index (χ4v) is 3.46. The highest BCUT2D eigenvalue weighted by Crippen LogP contribution is 2.25. The molecule has 1 saturated carbocycles. The van der Waals surface area contributed by atoms with Gasteiger partial charge in [-0.1, -0.05) is 12.1 Å². The number of hydrogen-bond acceptors (Lipinski definition) is 3. The Bertz CT molecular complexity index is 758. The van der Waals surface area contributed by atoms with Crippen molar-refractivity contribution < 1.29 is 9.18 Å². The minimum absolute atomic E-state index is 0.0179. The Labute approximate surface area is 147 Å². The number of nitrogens with one attached hydrogen (secondary N) is 1. The largest absolute Gasteiger partial charge is 0.367 e. The highest BCUT2D eigenvalue weighted by atomic mass is 19.1. The van der Waals surface area contributed by atoms with E-state index in [4.69, 9.17) is 0 Å². The fraction of sp³-hybridized carbons (Fsp3) is 0.400. The molecule has 5 heteroatoms. The van der Waals surface area contributed by atoms with E-state index < -0.39 is 0 Å². The average Bonchev–Trinajstić information content (AvgIpc) is 3.31. The topological polar surface area (TPSA) is 45.2 Å². The van der Waals surface area contributed by atoms with E-state index in [0.717, 1.165) is 30.8 Å². The summed E-state index contributed by atoms with van der Waals surface area (Å²) in [4.78, 5) is 19.1. The molecule has 1 N–H and O–H groups in total. The molecule has 1 unspecified atom stereocenters. The van der Waals surface area contributed by atoms with Crippen LogP contribution in [0.4, 0.5) is 10.2 Å². The number of carbonyl (C=O) groups is 1. The van der Waals surface area contributed by atoms with Gasteiger partial charge in [0, 0.05) is 24.8 Å². The third-order valence-corrected chi connectivity index (χ3v) is 4.94. The standard InChI is InChI=1S/C20H22FN3O/c21-16-4-1-3-14(11-16)12-18-5-2-10-24(18)20(25)15-6-9-19(22-13-15)23-17-7-8-17/h1,3-4,6,9,11,13,17-18H,2,5,7-8,10,12H2,(H,22,23). The maximum atomic E-state index is 13.4. The summed E-state index contributed by atoms with van der Waals surface area (Å²) in [5, 5.41) is 3.33. The molecule has 1 aromatic heterocycles. The van der Waals surface area contributed by atoms with Crippen molar-refractivity contribution in [2.45, 2.75) is 44.2 Å². The van der Waals surface area contributed by atoms with Gasteiger partial charge >= 0.3 is 0 Å². The summed E-state index contributed by atoms with van der Waals surface area (Å²) in [7, 11) is 0. The molecule has 2 aliphatic rings. The second kappa shape index (κ2) is 6.82. The van der Waals surface area contributed by atoms with Crippen LogP contribution in [0.2, 0.25) is 0 Å². The number of likely N-dealkylation sites (tertiary alicyclic amines) is 1. The minimum Gasteiger partial charge on any atom is -0.367 e. The summed E-state index contributed by atoms with van der Waals surface area (Å²) in [6, 6.07) is 11.0. The molecular weight excluding hydrogens is 317 g/mol. The molecule has 2 fully saturated rings. The summed E-state index contributed by atoms with van der Waals surface area (Å²) in [6.45, 7) is 0.751. The van der Waals surface area contributed by atoms with Gasteiger partial charge in [0.1, 0.15) is 11.6 Å². The van der Waals surface area contributed by atoms with Gasteiger partial charge in [-0.2, -0.15) is 0 Å². The Morgan fingerprint density at radius 3 is 2.84 bits per heavy atom. The first-order valence-electron chi connectivity index (χ1n) is 8.97. The van der Waals surface area contributed by atoms with Crippen molar-refractivity contribution in [3.05, 3.63) is 59.5 Å². The van der Waals surface area contributed by atoms with Crippen LogP contribution in [0.5, 0.6) is 0 Å². The first-order chi connectivity index (χ1) is 12.2. The summed E-state index contributed by atoms with van der Waals surface area (Å²) in [5.74, 6) is 0.623. The molecule has 25 heavy (non-hydrogen) atoms. The van der Waals surface area contributed by atoms with Crippen LogP contribution in [0, 0.1) is 5.82 Å². The molecule has 1 atom stereocenters. The molecule has 0 bridgehead atoms. The first kappa shape index (κ1) is 16.1. The van der Waals surface area contributed by atoms with Crippen LogP contribution in [-0.2, 0) is 6.42 Å². The molecule has 1 aromatic carbocycles. The van der Waals surface area contributed by atoms with Crippen LogP contribution >= 0.6 is 0 Å². The van der Waals surface area contributed by atoms with E-state index in [-0.39, 0.29) is 17.8 Å². The fourth-order valence-electron chi connectivity index (χ4n) is 3.46. The van der Waals surface area contributed by atoms with Crippen LogP contribution in [-0.4, -0.2) is 34.4 Å². The maximum Gasteiger partial charge on any atom is 0.255 e. The third-order valence-electron chi connectivity index (χ3n) is 4.94. The molecule has 0 spiro atoms. The predicted molar refractivity (Wildman–Crippen MR) is 95.0 cm³/mol. The number of pyridine rings is 1. The molecule has 4 nitrogen and oxygen atoms in total. The van der Waals surface area contributed by atoms with Crippen molar-refractivity contribution in [3.63, 3.8) is 0 Å². The second-order valence-corrected chi connectivity index (χ2v) is 6.98. The van der Waals surface area contributed by atoms with Gasteiger partial charge in [-0.15, -0.1) is 0 Å². The molecule has 0 radical (unpaired) electrons. The van der Waals surface area contributed by atoms with Crippen molar-refractivity contribution in [1.82, 2.24) is 9.88 Å². The number of hydrogen-bond donors (Lipinski definition) is 1. The zero-order chi connectivity index (χ0) is 17.2. The van der Waals surface area contributed by atoms with Gasteiger partial charge in [0.2, 0.25) is 0 Å². The molecule has 4 rings (SSSR count). The molecule has 1 aliphatic carbocycles. The second-order valence-electron chi connectivity index (χ2n) is 6.98. The SMILES string of the molecule is O=C(c1ccc(NC2CC2)nc1)N1CCCC1Cc1cccc(F)c1. The van der Waals surface area contributed by atoms with Gasteiger partial charge in [0.25, 0.3) is 5.91 Å². The van der Waals surface area contributed by atoms with E-state index in [1.54, 1.807) is 18.3 Å². The lowest BCUT2D eigenvalue weighted by Gasteiger charge is -2.25. The van der Waals surface area contributed by atoms with E-state index in [1.165, 1.54) is 18.9 Å². The molecule has 130 valence electrons. The Balaban J connectivity index is 1.44. The summed E-state index contributed by atoms with van der Waals surface area (Å²) >= 11 is 0. The number of carbonyl (C=O) groups excluding carboxylic acids is 1. The van der Waals surface area contributed by atoms with Crippen molar-refractivity contribution in [2.75, 3.05) is 11.9 Å². The Morgan fingerprint density at radius 1 is 1.24 bits per heavy atom. The van der Waals surface area contributed by atoms with E-state index in [1.807, 2.05) is 23.1 Å². The Hall–Kier alpha value is -2.43. The number of halogens is 1. The molecular formula is C20H22FN3O. The van der Waals surface area contributed by atoms with E-state index in [2.05, 4.69) is 10.3 Å². The van der Waals surface area contributed by atoms with Crippen LogP contribution < -0.4 is 5.32 Å². The molecule has 2 aromatic rings. The quantitative estimate of drug-likeness (QED) is 0.904. The third kappa shape index (κ3) is 3.81. The summed E-state index contributed by atoms with van der Waals surface area (Å²) in [6.07, 6.45) is 6.68. The average molecular weight is 339 g/mol. The van der Waals surface area contributed by atoms with Gasteiger partial charge in [0.05, 0.1) is 5.56 Å². The minimum atomic E-state index is -0.226. The number of nitrogens with zero attached hydrogens (tertiary/aromatic N) is 2. The number of anilines is 1. The predicted octanol–water partition coefficient (Wildman–Crippen LogP) is 3.64. The Morgan fingerprint density at radius 2 is 2.12 bits per heavy atom. The van der Waals surface area contributed by atoms with E-state index in [9.17, 15) is 9.18 Å². The van der Waals surface area contributed by atoms with Crippen molar-refractivity contribution >= 4 is 11.7 Å². The van der Waals surface area contributed by atoms with Crippen LogP contribution in [0.3, 0.4) is 0 Å². The Kier molecular flexibility index (Phi) is 4.38. The zero-order valence-electron chi connectivity index (χ0n) is 14.1. The van der Waals surface area contributed by atoms with Crippen molar-refractivity contribution in [2.24, 2.45) is 0 Å². The van der Waals surface area contributed by atoms with Gasteiger partial charge in [0.15, 0.2) is 0 Å². The first-order valence-corrected chi connectivity index (χ1v) is 8.97. The lowest BCUT2D eigenvalue weighted by molar-refractivity contribution is 0.0736. The van der Waals surface area contributed by atoms with Gasteiger partial charge < -0.3 is 10.2 Å². The summed E-state index contributed by atoms with van der Waals surface area (Å²) in [5.41, 5.74) is 1.55. The highest BCUT2D eigenvalue weighted by molar-refractivity contribution is 5.94. The number of rotatable bonds is 5. The lowest BCUT2D eigenvalue weighted by atomic mass is 10.0. The smallest absolute Gasteiger partial charge is 0.255 e. The molecule has 2 heterocycles. The van der Waals surface area contributed by atoms with Crippen LogP contribution in [0.25, 0.3) is 0 Å². The van der Waals surface area contributed by atoms with Crippen molar-refractivity contribution in [1.29, 1.82) is 0 Å². The van der Waals surface area contributed by atoms with Gasteiger partial charge in [-0.3, -0.25) is 4.79 Å². The maximum absolute atomic E-state index is 13.4. The number of benzene rings is 1. The number of amides is 1. The molecule has 1 amide bonds. The van der Waals surface area contributed by atoms with E-state index in [0.29, 0.717) is 18.0 Å². The normalized spacial score (nSPS) is 19.9. The van der Waals surface area contributed by atoms with Crippen molar-refractivity contribution in [3.8, 4) is 0 Å². The molecule has 1 aliphatic heterocycles. The zero-order valence-corrected chi connectivity index (χ0v) is 14.1. The number of aromatic nitrogens is 1. The van der Waals surface area contributed by atoms with Gasteiger partial charge in [-0.25, -0.2) is 9.37 Å². The van der Waals surface area contributed by atoms with Crippen LogP contribution in [0.15, 0.2) is 42.6 Å². The van der Waals surface area contributed by atoms with Gasteiger partial charge in [-0.05, 0) is 61.9 Å². The highest BCUT2D eigenvalue weighted by Gasteiger charge is 2.30. The summed E-state index contributed by atoms with van der Waals surface area (Å²) < 4.78 is 13.4. The van der Waals surface area contributed by atoms with E-state index >= 15 is 0 Å². The lowest BCUT2D eigenvalue weighted by Crippen LogP contribution is -2.36. The van der Waals surface area contributed by atoms with Crippen LogP contribution in [0.1, 0.15) is 41.6 Å². The monoisotopic (exact) mass is 339 g/mol.